The van der Waals surface area contributed by atoms with E-state index in [-0.39, 0.29) is 11.8 Å². The van der Waals surface area contributed by atoms with Crippen LogP contribution in [-0.2, 0) is 14.3 Å². The molecule has 37 heavy (non-hydrogen) atoms. The lowest BCUT2D eigenvalue weighted by Crippen LogP contribution is -2.53. The van der Waals surface area contributed by atoms with Crippen molar-refractivity contribution in [2.45, 2.75) is 51.4 Å². The number of anilines is 1. The number of nitrogen functional groups attached to an aromatic ring is 1. The van der Waals surface area contributed by atoms with Gasteiger partial charge in [0.05, 0.1) is 12.2 Å². The van der Waals surface area contributed by atoms with E-state index >= 15 is 0 Å². The van der Waals surface area contributed by atoms with Gasteiger partial charge < -0.3 is 20.5 Å². The number of piperazine rings is 1. The Morgan fingerprint density at radius 2 is 1.65 bits per heavy atom. The fourth-order valence-corrected chi connectivity index (χ4v) is 4.89. The van der Waals surface area contributed by atoms with Gasteiger partial charge in [-0.05, 0) is 67.7 Å². The molecule has 9 nitrogen and oxygen atoms in total. The van der Waals surface area contributed by atoms with E-state index in [1.807, 2.05) is 39.0 Å². The summed E-state index contributed by atoms with van der Waals surface area (Å²) in [6.45, 7) is 12.1. The molecular weight excluding hydrogens is 559 g/mol. The number of aliphatic carboxylic acids is 1. The van der Waals surface area contributed by atoms with Crippen LogP contribution in [0, 0.1) is 5.41 Å². The van der Waals surface area contributed by atoms with E-state index in [1.165, 1.54) is 0 Å². The molecule has 3 rings (SSSR count). The Bertz CT molecular complexity index is 955. The fourth-order valence-electron chi connectivity index (χ4n) is 4.26. The standard InChI is InChI=1S/C22H34BrN5O2.C2HF3O2/c1-22(2,3)30-20(29)15-26-8-6-17(7-9-26)27-10-12-28(13-11-27)19-5-4-16(21(24)25)14-18(19)23;3-2(4,5)1(6)7/h4-5,14,17H,6-13,15H2,1-3H3,(H3,24,25);(H,6,7). The highest BCUT2D eigenvalue weighted by atomic mass is 79.9. The normalized spacial score (nSPS) is 18.1. The van der Waals surface area contributed by atoms with Gasteiger partial charge in [0.1, 0.15) is 11.4 Å². The number of carboxylic acid groups (broad SMARTS) is 1. The third kappa shape index (κ3) is 10.1. The van der Waals surface area contributed by atoms with Gasteiger partial charge in [0.15, 0.2) is 0 Å². The first-order valence-corrected chi connectivity index (χ1v) is 12.7. The molecule has 0 aromatic heterocycles. The van der Waals surface area contributed by atoms with Gasteiger partial charge in [0.25, 0.3) is 0 Å². The first-order chi connectivity index (χ1) is 17.1. The molecule has 2 aliphatic heterocycles. The Balaban J connectivity index is 0.000000604. The highest BCUT2D eigenvalue weighted by Crippen LogP contribution is 2.29. The Kier molecular flexibility index (Phi) is 10.8. The van der Waals surface area contributed by atoms with Gasteiger partial charge in [-0.25, -0.2) is 4.79 Å². The summed E-state index contributed by atoms with van der Waals surface area (Å²) in [6.07, 6.45) is -2.89. The molecule has 0 aliphatic carbocycles. The molecular formula is C24H35BrF3N5O4. The summed E-state index contributed by atoms with van der Waals surface area (Å²) in [5.41, 5.74) is 7.07. The second-order valence-electron chi connectivity index (χ2n) is 10.00. The average Bonchev–Trinajstić information content (AvgIpc) is 2.78. The number of piperidine rings is 1. The minimum absolute atomic E-state index is 0.0880. The topological polar surface area (TPSA) is 123 Å². The summed E-state index contributed by atoms with van der Waals surface area (Å²) < 4.78 is 38.2. The van der Waals surface area contributed by atoms with Crippen molar-refractivity contribution in [2.24, 2.45) is 5.73 Å². The highest BCUT2D eigenvalue weighted by molar-refractivity contribution is 9.10. The highest BCUT2D eigenvalue weighted by Gasteiger charge is 2.38. The molecule has 0 atom stereocenters. The van der Waals surface area contributed by atoms with Crippen molar-refractivity contribution in [2.75, 3.05) is 50.7 Å². The number of nitrogens with two attached hydrogens (primary N) is 1. The van der Waals surface area contributed by atoms with E-state index in [0.29, 0.717) is 12.6 Å². The number of carbonyl (C=O) groups excluding carboxylic acids is 1. The van der Waals surface area contributed by atoms with E-state index in [2.05, 4.69) is 30.6 Å². The zero-order valence-corrected chi connectivity index (χ0v) is 22.9. The lowest BCUT2D eigenvalue weighted by atomic mass is 10.0. The van der Waals surface area contributed by atoms with Gasteiger partial charge >= 0.3 is 18.1 Å². The van der Waals surface area contributed by atoms with E-state index in [1.54, 1.807) is 0 Å². The van der Waals surface area contributed by atoms with E-state index in [9.17, 15) is 18.0 Å². The average molecular weight is 594 g/mol. The summed E-state index contributed by atoms with van der Waals surface area (Å²) in [4.78, 5) is 28.2. The molecule has 2 fully saturated rings. The number of nitrogens with one attached hydrogen (secondary N) is 1. The van der Waals surface area contributed by atoms with Crippen LogP contribution in [-0.4, -0.2) is 96.3 Å². The van der Waals surface area contributed by atoms with Crippen molar-refractivity contribution in [1.82, 2.24) is 9.80 Å². The largest absolute Gasteiger partial charge is 0.490 e. The maximum absolute atomic E-state index is 12.1. The number of alkyl halides is 3. The zero-order valence-electron chi connectivity index (χ0n) is 21.3. The van der Waals surface area contributed by atoms with Crippen molar-refractivity contribution >= 4 is 39.4 Å². The van der Waals surface area contributed by atoms with E-state index in [4.69, 9.17) is 25.8 Å². The number of hydrogen-bond acceptors (Lipinski definition) is 7. The van der Waals surface area contributed by atoms with Crippen LogP contribution in [0.5, 0.6) is 0 Å². The number of ether oxygens (including phenoxy) is 1. The summed E-state index contributed by atoms with van der Waals surface area (Å²) in [6, 6.07) is 6.47. The summed E-state index contributed by atoms with van der Waals surface area (Å²) in [5.74, 6) is -2.80. The number of carboxylic acids is 1. The van der Waals surface area contributed by atoms with Gasteiger partial charge in [0, 0.05) is 55.3 Å². The summed E-state index contributed by atoms with van der Waals surface area (Å²) in [5, 5.41) is 14.7. The van der Waals surface area contributed by atoms with Crippen LogP contribution in [0.25, 0.3) is 0 Å². The first kappa shape index (κ1) is 30.8. The lowest BCUT2D eigenvalue weighted by molar-refractivity contribution is -0.192. The Labute approximate surface area is 223 Å². The van der Waals surface area contributed by atoms with Gasteiger partial charge in [0.2, 0.25) is 0 Å². The Morgan fingerprint density at radius 3 is 2.08 bits per heavy atom. The van der Waals surface area contributed by atoms with Crippen LogP contribution in [0.15, 0.2) is 22.7 Å². The molecule has 13 heteroatoms. The maximum atomic E-state index is 12.1. The predicted molar refractivity (Wildman–Crippen MR) is 138 cm³/mol. The SMILES string of the molecule is CC(C)(C)OC(=O)CN1CCC(N2CCN(c3ccc(C(=N)N)cc3Br)CC2)CC1.O=C(O)C(F)(F)F. The second kappa shape index (κ2) is 12.9. The minimum atomic E-state index is -5.08. The summed E-state index contributed by atoms with van der Waals surface area (Å²) in [7, 11) is 0. The molecule has 0 amide bonds. The third-order valence-electron chi connectivity index (χ3n) is 6.00. The third-order valence-corrected chi connectivity index (χ3v) is 6.64. The van der Waals surface area contributed by atoms with Gasteiger partial charge in [-0.2, -0.15) is 13.2 Å². The smallest absolute Gasteiger partial charge is 0.475 e. The Morgan fingerprint density at radius 1 is 1.11 bits per heavy atom. The summed E-state index contributed by atoms with van der Waals surface area (Å²) >= 11 is 3.64. The molecule has 0 saturated carbocycles. The van der Waals surface area contributed by atoms with Gasteiger partial charge in [-0.15, -0.1) is 0 Å². The molecule has 0 unspecified atom stereocenters. The zero-order chi connectivity index (χ0) is 28.0. The maximum Gasteiger partial charge on any atom is 0.490 e. The lowest BCUT2D eigenvalue weighted by Gasteiger charge is -2.43. The molecule has 1 aromatic carbocycles. The molecule has 0 bridgehead atoms. The number of hydrogen-bond donors (Lipinski definition) is 3. The number of likely N-dealkylation sites (tertiary alicyclic amines) is 1. The molecule has 208 valence electrons. The van der Waals surface area contributed by atoms with Crippen molar-refractivity contribution in [3.63, 3.8) is 0 Å². The van der Waals surface area contributed by atoms with Crippen molar-refractivity contribution < 1.29 is 32.6 Å². The van der Waals surface area contributed by atoms with E-state index < -0.39 is 17.7 Å². The van der Waals surface area contributed by atoms with Crippen LogP contribution in [0.2, 0.25) is 0 Å². The molecule has 2 aliphatic rings. The van der Waals surface area contributed by atoms with Crippen LogP contribution in [0.3, 0.4) is 0 Å². The van der Waals surface area contributed by atoms with Crippen LogP contribution in [0.4, 0.5) is 18.9 Å². The minimum Gasteiger partial charge on any atom is -0.475 e. The number of amidine groups is 1. The van der Waals surface area contributed by atoms with Crippen molar-refractivity contribution in [3.8, 4) is 0 Å². The quantitative estimate of drug-likeness (QED) is 0.270. The number of esters is 1. The van der Waals surface area contributed by atoms with Crippen molar-refractivity contribution in [3.05, 3.63) is 28.2 Å². The molecule has 1 aromatic rings. The number of benzene rings is 1. The number of rotatable bonds is 5. The van der Waals surface area contributed by atoms with Crippen LogP contribution < -0.4 is 10.6 Å². The fraction of sp³-hybridized carbons (Fsp3) is 0.625. The van der Waals surface area contributed by atoms with Crippen LogP contribution >= 0.6 is 15.9 Å². The van der Waals surface area contributed by atoms with E-state index in [0.717, 1.165) is 67.8 Å². The van der Waals surface area contributed by atoms with Crippen LogP contribution in [0.1, 0.15) is 39.2 Å². The van der Waals surface area contributed by atoms with Gasteiger partial charge in [-0.1, -0.05) is 0 Å². The molecule has 4 N–H and O–H groups in total. The van der Waals surface area contributed by atoms with Gasteiger partial charge in [-0.3, -0.25) is 20.0 Å². The Hall–Kier alpha value is -2.38. The van der Waals surface area contributed by atoms with Crippen molar-refractivity contribution in [1.29, 1.82) is 5.41 Å². The number of halogens is 4. The molecule has 0 radical (unpaired) electrons. The second-order valence-corrected chi connectivity index (χ2v) is 10.9. The molecule has 2 heterocycles. The molecule has 2 saturated heterocycles. The monoisotopic (exact) mass is 593 g/mol. The first-order valence-electron chi connectivity index (χ1n) is 11.9. The predicted octanol–water partition coefficient (Wildman–Crippen LogP) is 3.29. The number of carbonyl (C=O) groups is 2. The number of nitrogens with zero attached hydrogens (tertiary/aromatic N) is 3. The molecule has 0 spiro atoms.